The number of sulfonamides is 1. The Bertz CT molecular complexity index is 904. The second-order valence-electron chi connectivity index (χ2n) is 7.15. The van der Waals surface area contributed by atoms with Crippen LogP contribution in [0.15, 0.2) is 23.1 Å². The van der Waals surface area contributed by atoms with E-state index in [4.69, 9.17) is 5.14 Å². The van der Waals surface area contributed by atoms with Crippen molar-refractivity contribution in [3.8, 4) is 0 Å². The van der Waals surface area contributed by atoms with E-state index in [1.165, 1.54) is 12.1 Å². The first kappa shape index (κ1) is 23.5. The molecule has 0 bridgehead atoms. The second kappa shape index (κ2) is 10.3. The summed E-state index contributed by atoms with van der Waals surface area (Å²) < 4.78 is 22.8. The highest BCUT2D eigenvalue weighted by atomic mass is 32.2. The highest BCUT2D eigenvalue weighted by Crippen LogP contribution is 2.27. The molecule has 1 aromatic rings. The van der Waals surface area contributed by atoms with Gasteiger partial charge >= 0.3 is 0 Å². The molecule has 4 N–H and O–H groups in total. The van der Waals surface area contributed by atoms with E-state index in [1.807, 2.05) is 6.92 Å². The Kier molecular flexibility index (Phi) is 8.12. The molecule has 1 atom stereocenters. The Morgan fingerprint density at radius 3 is 2.70 bits per heavy atom. The molecule has 30 heavy (non-hydrogen) atoms. The predicted octanol–water partition coefficient (Wildman–Crippen LogP) is 0.952. The van der Waals surface area contributed by atoms with Gasteiger partial charge in [-0.05, 0) is 31.4 Å². The molecule has 1 saturated heterocycles. The predicted molar refractivity (Wildman–Crippen MR) is 110 cm³/mol. The van der Waals surface area contributed by atoms with Crippen LogP contribution < -0.4 is 15.8 Å². The van der Waals surface area contributed by atoms with Gasteiger partial charge in [0.15, 0.2) is 0 Å². The molecule has 1 aliphatic rings. The van der Waals surface area contributed by atoms with Gasteiger partial charge in [-0.2, -0.15) is 0 Å². The van der Waals surface area contributed by atoms with Crippen LogP contribution in [0, 0.1) is 10.1 Å². The fraction of sp³-hybridized carbons (Fsp3) is 0.556. The van der Waals surface area contributed by atoms with E-state index in [9.17, 15) is 28.1 Å². The molecule has 12 heteroatoms. The van der Waals surface area contributed by atoms with Gasteiger partial charge < -0.3 is 15.5 Å². The molecule has 0 aromatic heterocycles. The highest BCUT2D eigenvalue weighted by Gasteiger charge is 2.25. The molecule has 11 nitrogen and oxygen atoms in total. The minimum Gasteiger partial charge on any atom is -0.379 e. The summed E-state index contributed by atoms with van der Waals surface area (Å²) in [6, 6.07) is 3.23. The number of piperidine rings is 1. The quantitative estimate of drug-likeness (QED) is 0.379. The summed E-state index contributed by atoms with van der Waals surface area (Å²) in [5, 5.41) is 22.0. The van der Waals surface area contributed by atoms with E-state index in [1.54, 1.807) is 4.90 Å². The average molecular weight is 442 g/mol. The number of hydrogen-bond donors (Lipinski definition) is 3. The fourth-order valence-corrected chi connectivity index (χ4v) is 3.83. The number of rotatable bonds is 9. The average Bonchev–Trinajstić information content (AvgIpc) is 2.67. The summed E-state index contributed by atoms with van der Waals surface area (Å²) >= 11 is 0. The number of nitrogens with two attached hydrogens (primary N) is 1. The van der Waals surface area contributed by atoms with Gasteiger partial charge in [0, 0.05) is 44.6 Å². The number of nitrogens with one attached hydrogen (secondary N) is 2. The topological polar surface area (TPSA) is 165 Å². The number of likely N-dealkylation sites (tertiary alicyclic amines) is 1. The molecule has 2 rings (SSSR count). The van der Waals surface area contributed by atoms with E-state index in [0.717, 1.165) is 25.3 Å². The largest absolute Gasteiger partial charge is 0.379 e. The molecule has 1 fully saturated rings. The first-order valence-electron chi connectivity index (χ1n) is 9.74. The number of primary sulfonamides is 1. The van der Waals surface area contributed by atoms with Crippen molar-refractivity contribution in [3.05, 3.63) is 28.3 Å². The Balaban J connectivity index is 1.92. The summed E-state index contributed by atoms with van der Waals surface area (Å²) in [5.74, 6) is -0.144. The summed E-state index contributed by atoms with van der Waals surface area (Å²) in [4.78, 5) is 36.1. The number of amides is 2. The van der Waals surface area contributed by atoms with Crippen LogP contribution in [0.2, 0.25) is 0 Å². The molecular formula is C18H27N5O6S. The maximum atomic E-state index is 12.5. The molecule has 1 aliphatic heterocycles. The molecule has 0 spiro atoms. The van der Waals surface area contributed by atoms with E-state index in [2.05, 4.69) is 10.6 Å². The first-order chi connectivity index (χ1) is 14.1. The molecule has 1 heterocycles. The first-order valence-corrected chi connectivity index (χ1v) is 11.3. The van der Waals surface area contributed by atoms with Crippen LogP contribution in [-0.2, 0) is 19.6 Å². The third-order valence-corrected chi connectivity index (χ3v) is 5.68. The Hall–Kier alpha value is -2.73. The lowest BCUT2D eigenvalue weighted by atomic mass is 10.0. The maximum Gasteiger partial charge on any atom is 0.293 e. The number of anilines is 1. The number of nitrogens with zero attached hydrogens (tertiary/aromatic N) is 2. The zero-order valence-corrected chi connectivity index (χ0v) is 17.6. The summed E-state index contributed by atoms with van der Waals surface area (Å²) in [5.41, 5.74) is -0.339. The van der Waals surface area contributed by atoms with Gasteiger partial charge in [0.05, 0.1) is 9.82 Å². The van der Waals surface area contributed by atoms with Crippen molar-refractivity contribution in [2.45, 2.75) is 50.0 Å². The van der Waals surface area contributed by atoms with E-state index in [0.29, 0.717) is 19.5 Å². The van der Waals surface area contributed by atoms with Crippen LogP contribution in [0.3, 0.4) is 0 Å². The smallest absolute Gasteiger partial charge is 0.293 e. The normalized spacial score (nSPS) is 16.7. The van der Waals surface area contributed by atoms with Gasteiger partial charge in [-0.1, -0.05) is 6.92 Å². The van der Waals surface area contributed by atoms with Gasteiger partial charge in [0.1, 0.15) is 5.69 Å². The minimum atomic E-state index is -4.06. The maximum absolute atomic E-state index is 12.5. The number of carbonyl (C=O) groups excluding carboxylic acids is 2. The lowest BCUT2D eigenvalue weighted by Crippen LogP contribution is -2.49. The van der Waals surface area contributed by atoms with Crippen molar-refractivity contribution in [1.29, 1.82) is 0 Å². The minimum absolute atomic E-state index is 0.0197. The van der Waals surface area contributed by atoms with Crippen LogP contribution in [-0.4, -0.2) is 55.7 Å². The lowest BCUT2D eigenvalue weighted by Gasteiger charge is -2.33. The number of benzene rings is 1. The molecule has 1 aromatic carbocycles. The number of nitro benzene ring substituents is 1. The van der Waals surface area contributed by atoms with Crippen LogP contribution in [0.5, 0.6) is 0 Å². The standard InChI is InChI=1S/C18H27N5O6S/c1-2-4-17(24)21-13-5-3-10-22(12-13)18(25)8-9-20-15-7-6-14(30(19,28)29)11-16(15)23(26)27/h6-7,11,13,20H,2-5,8-10,12H2,1H3,(H,21,24)(H2,19,28,29). The monoisotopic (exact) mass is 441 g/mol. The van der Waals surface area contributed by atoms with Crippen molar-refractivity contribution in [1.82, 2.24) is 10.2 Å². The molecule has 0 aliphatic carbocycles. The zero-order chi connectivity index (χ0) is 22.3. The molecule has 166 valence electrons. The number of carbonyl (C=O) groups is 2. The molecular weight excluding hydrogens is 414 g/mol. The van der Waals surface area contributed by atoms with Crippen molar-refractivity contribution in [3.63, 3.8) is 0 Å². The van der Waals surface area contributed by atoms with Crippen molar-refractivity contribution < 1.29 is 22.9 Å². The van der Waals surface area contributed by atoms with Crippen molar-refractivity contribution in [2.24, 2.45) is 5.14 Å². The third kappa shape index (κ3) is 6.66. The molecule has 1 unspecified atom stereocenters. The Morgan fingerprint density at radius 1 is 1.33 bits per heavy atom. The van der Waals surface area contributed by atoms with E-state index < -0.39 is 20.6 Å². The van der Waals surface area contributed by atoms with Crippen LogP contribution in [0.25, 0.3) is 0 Å². The van der Waals surface area contributed by atoms with Gasteiger partial charge in [0.2, 0.25) is 21.8 Å². The summed E-state index contributed by atoms with van der Waals surface area (Å²) in [7, 11) is -4.06. The lowest BCUT2D eigenvalue weighted by molar-refractivity contribution is -0.384. The summed E-state index contributed by atoms with van der Waals surface area (Å²) in [6.45, 7) is 3.10. The Morgan fingerprint density at radius 2 is 2.07 bits per heavy atom. The van der Waals surface area contributed by atoms with E-state index in [-0.39, 0.29) is 41.4 Å². The highest BCUT2D eigenvalue weighted by molar-refractivity contribution is 7.89. The summed E-state index contributed by atoms with van der Waals surface area (Å²) in [6.07, 6.45) is 2.93. The SMILES string of the molecule is CCCC(=O)NC1CCCN(C(=O)CCNc2ccc(S(N)(=O)=O)cc2[N+](=O)[O-])C1. The zero-order valence-electron chi connectivity index (χ0n) is 16.8. The van der Waals surface area contributed by atoms with E-state index >= 15 is 0 Å². The molecule has 2 amide bonds. The van der Waals surface area contributed by atoms with Gasteiger partial charge in [-0.15, -0.1) is 0 Å². The molecule has 0 radical (unpaired) electrons. The van der Waals surface area contributed by atoms with Gasteiger partial charge in [-0.25, -0.2) is 13.6 Å². The molecule has 0 saturated carbocycles. The van der Waals surface area contributed by atoms with Crippen LogP contribution >= 0.6 is 0 Å². The van der Waals surface area contributed by atoms with Crippen LogP contribution in [0.4, 0.5) is 11.4 Å². The number of nitro groups is 1. The van der Waals surface area contributed by atoms with Gasteiger partial charge in [-0.3, -0.25) is 19.7 Å². The number of hydrogen-bond acceptors (Lipinski definition) is 7. The fourth-order valence-electron chi connectivity index (χ4n) is 3.30. The van der Waals surface area contributed by atoms with Crippen molar-refractivity contribution in [2.75, 3.05) is 25.0 Å². The third-order valence-electron chi connectivity index (χ3n) is 4.77. The van der Waals surface area contributed by atoms with Gasteiger partial charge in [0.25, 0.3) is 5.69 Å². The second-order valence-corrected chi connectivity index (χ2v) is 8.72. The Labute approximate surface area is 175 Å². The van der Waals surface area contributed by atoms with Crippen molar-refractivity contribution >= 4 is 33.2 Å². The van der Waals surface area contributed by atoms with Crippen LogP contribution in [0.1, 0.15) is 39.0 Å².